The molecule has 2 unspecified atom stereocenters. The molecule has 0 aromatic heterocycles. The van der Waals surface area contributed by atoms with Crippen LogP contribution in [0.1, 0.15) is 79.1 Å². The van der Waals surface area contributed by atoms with Gasteiger partial charge in [0.1, 0.15) is 25.1 Å². The van der Waals surface area contributed by atoms with Crippen molar-refractivity contribution in [3.05, 3.63) is 0 Å². The third-order valence-corrected chi connectivity index (χ3v) is 11.0. The number of imide groups is 2. The van der Waals surface area contributed by atoms with Crippen LogP contribution in [0, 0.1) is 5.92 Å². The monoisotopic (exact) mass is 946 g/mol. The number of Topliss-reactive ketones (excluding diaryl/α,β-unsaturated/α-hetero) is 1. The molecule has 2 rings (SSSR count). The number of rotatable bonds is 29. The summed E-state index contributed by atoms with van der Waals surface area (Å²) >= 11 is 2.63. The van der Waals surface area contributed by atoms with Crippen molar-refractivity contribution < 1.29 is 67.0 Å². The number of nitrogens with zero attached hydrogens (tertiary/aromatic N) is 2. The van der Waals surface area contributed by atoms with Gasteiger partial charge in [-0.25, -0.2) is 9.59 Å². The highest BCUT2D eigenvalue weighted by Crippen LogP contribution is 2.24. The Morgan fingerprint density at radius 1 is 0.625 bits per heavy atom. The summed E-state index contributed by atoms with van der Waals surface area (Å²) in [5, 5.41) is 14.8. The van der Waals surface area contributed by atoms with Crippen LogP contribution >= 0.6 is 23.5 Å². The van der Waals surface area contributed by atoms with E-state index in [9.17, 15) is 52.7 Å². The lowest BCUT2D eigenvalue weighted by molar-refractivity contribution is -0.140. The maximum atomic E-state index is 12.1. The molecule has 2 fully saturated rings. The number of ether oxygens (including phenoxy) is 3. The van der Waals surface area contributed by atoms with Crippen molar-refractivity contribution in [2.24, 2.45) is 5.92 Å². The maximum Gasteiger partial charge on any atom is 0.407 e. The fraction of sp³-hybridized carbons (Fsp3) is 0.725. The molecule has 2 aliphatic heterocycles. The molecule has 10 amide bonds. The van der Waals surface area contributed by atoms with Crippen LogP contribution < -0.4 is 31.9 Å². The van der Waals surface area contributed by atoms with Gasteiger partial charge in [-0.1, -0.05) is 6.92 Å². The summed E-state index contributed by atoms with van der Waals surface area (Å²) in [7, 11) is 0. The fourth-order valence-corrected chi connectivity index (χ4v) is 7.12. The number of likely N-dealkylation sites (tertiary alicyclic amines) is 2. The molecule has 64 heavy (non-hydrogen) atoms. The molecule has 6 N–H and O–H groups in total. The number of thioether (sulfide) groups is 2. The zero-order chi connectivity index (χ0) is 48.0. The molecule has 0 aromatic rings. The van der Waals surface area contributed by atoms with E-state index in [1.165, 1.54) is 30.4 Å². The van der Waals surface area contributed by atoms with Gasteiger partial charge in [0.05, 0.1) is 10.5 Å². The summed E-state index contributed by atoms with van der Waals surface area (Å²) in [4.78, 5) is 132. The van der Waals surface area contributed by atoms with Gasteiger partial charge in [-0.3, -0.25) is 48.2 Å². The van der Waals surface area contributed by atoms with Crippen LogP contribution in [0.15, 0.2) is 0 Å². The molecule has 0 aliphatic carbocycles. The maximum absolute atomic E-state index is 12.1. The first-order chi connectivity index (χ1) is 30.4. The van der Waals surface area contributed by atoms with Gasteiger partial charge in [0.25, 0.3) is 0 Å². The Kier molecular flexibility index (Phi) is 29.1. The first kappa shape index (κ1) is 57.0. The average Bonchev–Trinajstić information content (AvgIpc) is 3.68. The second kappa shape index (κ2) is 32.7. The van der Waals surface area contributed by atoms with Crippen molar-refractivity contribution in [3.63, 3.8) is 0 Å². The minimum absolute atomic E-state index is 0.0122. The highest BCUT2D eigenvalue weighted by molar-refractivity contribution is 8.00. The highest BCUT2D eigenvalue weighted by Gasteiger charge is 2.38. The third kappa shape index (κ3) is 24.2. The van der Waals surface area contributed by atoms with E-state index in [1.54, 1.807) is 33.3 Å². The standard InChI is InChI=1S/C26H40N6O8S2.C14H26N2O6/c1-16(12-21(35)29-8-6-27-19(33)4-10-31-23(37)14-17(41-2)25(31)39)13-22(36)30-9-7-28-20(34)5-11-32-24(38)15-18(42-3)26(32)40;1-4-15-13(18)21-9-12(10-22-14(19)16-5-2)20-8-6-7-11(3)17/h16-18H,4-15H2,1-3H3,(H,27,33)(H,28,34)(H,29,35)(H,30,36);12H,4-10H2,1-3H3,(H,15,18)(H,16,19). The predicted molar refractivity (Wildman–Crippen MR) is 237 cm³/mol. The molecule has 0 spiro atoms. The molecule has 0 bridgehead atoms. The molecule has 24 heteroatoms. The molecular formula is C40H66N8O14S2. The van der Waals surface area contributed by atoms with Gasteiger partial charge in [0.2, 0.25) is 47.3 Å². The summed E-state index contributed by atoms with van der Waals surface area (Å²) in [6, 6.07) is 0. The van der Waals surface area contributed by atoms with Crippen molar-refractivity contribution >= 4 is 88.8 Å². The number of ketones is 1. The fourth-order valence-electron chi connectivity index (χ4n) is 5.85. The van der Waals surface area contributed by atoms with Crippen molar-refractivity contribution in [2.75, 3.05) is 84.7 Å². The van der Waals surface area contributed by atoms with Crippen LogP contribution in [0.5, 0.6) is 0 Å². The van der Waals surface area contributed by atoms with Gasteiger partial charge in [-0.2, -0.15) is 23.5 Å². The lowest BCUT2D eigenvalue weighted by atomic mass is 10.0. The van der Waals surface area contributed by atoms with E-state index in [1.807, 2.05) is 0 Å². The van der Waals surface area contributed by atoms with Gasteiger partial charge < -0.3 is 50.9 Å². The Morgan fingerprint density at radius 2 is 1.02 bits per heavy atom. The van der Waals surface area contributed by atoms with Crippen LogP contribution in [0.25, 0.3) is 0 Å². The Morgan fingerprint density at radius 3 is 1.36 bits per heavy atom. The lowest BCUT2D eigenvalue weighted by Crippen LogP contribution is -2.39. The molecule has 2 heterocycles. The summed E-state index contributed by atoms with van der Waals surface area (Å²) in [6.07, 6.45) is 3.32. The smallest absolute Gasteiger partial charge is 0.407 e. The zero-order valence-corrected chi connectivity index (χ0v) is 39.3. The van der Waals surface area contributed by atoms with E-state index in [4.69, 9.17) is 14.2 Å². The highest BCUT2D eigenvalue weighted by atomic mass is 32.2. The number of nitrogens with one attached hydrogen (secondary N) is 6. The van der Waals surface area contributed by atoms with E-state index < -0.39 is 18.3 Å². The molecular weight excluding hydrogens is 881 g/mol. The summed E-state index contributed by atoms with van der Waals surface area (Å²) < 4.78 is 15.4. The molecule has 2 atom stereocenters. The number of hydrogen-bond donors (Lipinski definition) is 6. The normalized spacial score (nSPS) is 16.1. The zero-order valence-electron chi connectivity index (χ0n) is 37.7. The number of carbonyl (C=O) groups is 11. The van der Waals surface area contributed by atoms with E-state index in [2.05, 4.69) is 31.9 Å². The molecule has 0 saturated carbocycles. The van der Waals surface area contributed by atoms with Gasteiger partial charge in [0, 0.05) is 104 Å². The number of hydrogen-bond acceptors (Lipinski definition) is 16. The van der Waals surface area contributed by atoms with Crippen molar-refractivity contribution in [2.45, 2.75) is 95.7 Å². The van der Waals surface area contributed by atoms with Crippen LogP contribution in [0.4, 0.5) is 9.59 Å². The predicted octanol–water partition coefficient (Wildman–Crippen LogP) is -0.138. The molecule has 0 radical (unpaired) electrons. The van der Waals surface area contributed by atoms with Crippen LogP contribution in [0.2, 0.25) is 0 Å². The minimum Gasteiger partial charge on any atom is -0.447 e. The van der Waals surface area contributed by atoms with Gasteiger partial charge in [0.15, 0.2) is 0 Å². The van der Waals surface area contributed by atoms with E-state index in [0.29, 0.717) is 32.5 Å². The number of carbonyl (C=O) groups excluding carboxylic acids is 11. The Hall–Kier alpha value is -4.97. The third-order valence-electron chi connectivity index (χ3n) is 9.18. The molecule has 362 valence electrons. The van der Waals surface area contributed by atoms with Crippen molar-refractivity contribution in [1.29, 1.82) is 0 Å². The largest absolute Gasteiger partial charge is 0.447 e. The second-order valence-corrected chi connectivity index (χ2v) is 16.7. The average molecular weight is 947 g/mol. The number of amides is 10. The minimum atomic E-state index is -0.572. The molecule has 2 aliphatic rings. The van der Waals surface area contributed by atoms with Crippen LogP contribution in [-0.4, -0.2) is 176 Å². The first-order valence-corrected chi connectivity index (χ1v) is 23.8. The topological polar surface area (TPSA) is 294 Å². The lowest BCUT2D eigenvalue weighted by Gasteiger charge is -2.18. The summed E-state index contributed by atoms with van der Waals surface area (Å²) in [6.45, 7) is 8.78. The van der Waals surface area contributed by atoms with Crippen molar-refractivity contribution in [3.8, 4) is 0 Å². The second-order valence-electron chi connectivity index (χ2n) is 14.6. The quantitative estimate of drug-likeness (QED) is 0.0420. The Balaban J connectivity index is 0.000000785. The van der Waals surface area contributed by atoms with Gasteiger partial charge >= 0.3 is 12.2 Å². The van der Waals surface area contributed by atoms with Gasteiger partial charge in [-0.05, 0) is 45.6 Å². The molecule has 22 nitrogen and oxygen atoms in total. The SMILES string of the molecule is CCNC(=O)OCC(COC(=O)NCC)OCCCC(C)=O.CSC1CC(=O)N(CCC(=O)NCCNC(=O)CC(C)CC(=O)NCCNC(=O)CCN2C(=O)CC(SC)C2=O)C1=O. The van der Waals surface area contributed by atoms with E-state index >= 15 is 0 Å². The van der Waals surface area contributed by atoms with E-state index in [0.717, 1.165) is 9.80 Å². The van der Waals surface area contributed by atoms with Gasteiger partial charge in [-0.15, -0.1) is 0 Å². The Labute approximate surface area is 382 Å². The van der Waals surface area contributed by atoms with Crippen LogP contribution in [0.3, 0.4) is 0 Å². The summed E-state index contributed by atoms with van der Waals surface area (Å²) in [5.41, 5.74) is 0. The van der Waals surface area contributed by atoms with Crippen LogP contribution in [-0.2, 0) is 57.4 Å². The van der Waals surface area contributed by atoms with Crippen molar-refractivity contribution in [1.82, 2.24) is 41.7 Å². The van der Waals surface area contributed by atoms with E-state index in [-0.39, 0.29) is 160 Å². The number of alkyl carbamates (subject to hydrolysis) is 2. The summed E-state index contributed by atoms with van der Waals surface area (Å²) in [5.74, 6) is -2.46. The molecule has 0 aromatic carbocycles. The molecule has 2 saturated heterocycles. The Bertz CT molecular complexity index is 1500. The first-order valence-electron chi connectivity index (χ1n) is 21.2.